The van der Waals surface area contributed by atoms with E-state index in [2.05, 4.69) is 10.6 Å². The second kappa shape index (κ2) is 8.92. The van der Waals surface area contributed by atoms with E-state index in [-0.39, 0.29) is 5.91 Å². The number of anilines is 1. The molecule has 0 aliphatic heterocycles. The molecular weight excluding hydrogens is 347 g/mol. The second-order valence-electron chi connectivity index (χ2n) is 5.26. The lowest BCUT2D eigenvalue weighted by atomic mass is 10.1. The van der Waals surface area contributed by atoms with Crippen LogP contribution in [-0.4, -0.2) is 18.6 Å². The molecule has 128 valence electrons. The van der Waals surface area contributed by atoms with Gasteiger partial charge in [-0.25, -0.2) is 0 Å². The van der Waals surface area contributed by atoms with Crippen LogP contribution >= 0.6 is 23.2 Å². The third-order valence-corrected chi connectivity index (χ3v) is 3.94. The van der Waals surface area contributed by atoms with E-state index < -0.39 is 6.10 Å². The van der Waals surface area contributed by atoms with Crippen molar-refractivity contribution in [3.63, 3.8) is 0 Å². The maximum absolute atomic E-state index is 12.4. The van der Waals surface area contributed by atoms with Gasteiger partial charge in [-0.15, -0.1) is 0 Å². The summed E-state index contributed by atoms with van der Waals surface area (Å²) < 4.78 is 5.64. The van der Waals surface area contributed by atoms with Crippen molar-refractivity contribution >= 4 is 34.8 Å². The molecular formula is C18H20Cl2N2O2. The first-order chi connectivity index (χ1) is 11.5. The zero-order chi connectivity index (χ0) is 17.5. The molecule has 0 saturated carbocycles. The molecule has 2 N–H and O–H groups in total. The van der Waals surface area contributed by atoms with E-state index in [9.17, 15) is 4.79 Å². The normalized spacial score (nSPS) is 11.8. The lowest BCUT2D eigenvalue weighted by molar-refractivity contribution is -0.122. The number of ether oxygens (including phenoxy) is 1. The molecule has 0 aliphatic carbocycles. The average Bonchev–Trinajstić information content (AvgIpc) is 2.56. The largest absolute Gasteiger partial charge is 0.479 e. The number of hydrogen-bond donors (Lipinski definition) is 2. The van der Waals surface area contributed by atoms with Crippen LogP contribution in [0.25, 0.3) is 0 Å². The summed E-state index contributed by atoms with van der Waals surface area (Å²) in [4.78, 5) is 12.4. The van der Waals surface area contributed by atoms with E-state index in [1.807, 2.05) is 31.2 Å². The van der Waals surface area contributed by atoms with Gasteiger partial charge in [-0.3, -0.25) is 4.79 Å². The van der Waals surface area contributed by atoms with Crippen LogP contribution in [0.15, 0.2) is 42.5 Å². The lowest BCUT2D eigenvalue weighted by Gasteiger charge is -2.17. The first kappa shape index (κ1) is 18.6. The highest BCUT2D eigenvalue weighted by Crippen LogP contribution is 2.28. The monoisotopic (exact) mass is 366 g/mol. The first-order valence-electron chi connectivity index (χ1n) is 7.72. The molecule has 24 heavy (non-hydrogen) atoms. The maximum Gasteiger partial charge on any atom is 0.265 e. The minimum Gasteiger partial charge on any atom is -0.479 e. The highest BCUT2D eigenvalue weighted by molar-refractivity contribution is 6.35. The zero-order valence-corrected chi connectivity index (χ0v) is 15.1. The zero-order valence-electron chi connectivity index (χ0n) is 13.6. The molecule has 0 aromatic heterocycles. The predicted octanol–water partition coefficient (Wildman–Crippen LogP) is 4.51. The van der Waals surface area contributed by atoms with Gasteiger partial charge in [0.25, 0.3) is 5.91 Å². The molecule has 0 fully saturated rings. The van der Waals surface area contributed by atoms with Gasteiger partial charge in [0.2, 0.25) is 0 Å². The summed E-state index contributed by atoms with van der Waals surface area (Å²) in [7, 11) is 0. The molecule has 4 nitrogen and oxygen atoms in total. The summed E-state index contributed by atoms with van der Waals surface area (Å²) in [5.74, 6) is 0.176. The lowest BCUT2D eigenvalue weighted by Crippen LogP contribution is -2.30. The van der Waals surface area contributed by atoms with Crippen LogP contribution in [0.3, 0.4) is 0 Å². The Morgan fingerprint density at radius 3 is 2.67 bits per heavy atom. The Kier molecular flexibility index (Phi) is 6.91. The number of rotatable bonds is 7. The minimum absolute atomic E-state index is 0.245. The van der Waals surface area contributed by atoms with Crippen molar-refractivity contribution in [1.82, 2.24) is 5.32 Å². The third-order valence-electron chi connectivity index (χ3n) is 3.41. The van der Waals surface area contributed by atoms with Gasteiger partial charge in [0.1, 0.15) is 5.75 Å². The van der Waals surface area contributed by atoms with Crippen molar-refractivity contribution in [2.75, 3.05) is 11.9 Å². The second-order valence-corrected chi connectivity index (χ2v) is 6.11. The highest BCUT2D eigenvalue weighted by Gasteiger charge is 2.17. The smallest absolute Gasteiger partial charge is 0.265 e. The molecule has 0 spiro atoms. The van der Waals surface area contributed by atoms with E-state index in [0.29, 0.717) is 22.3 Å². The molecule has 1 atom stereocenters. The standard InChI is InChI=1S/C18H20Cl2N2O2/c1-3-21-11-13-6-4-5-7-16(13)22-18(23)12(2)24-17-9-8-14(19)10-15(17)20/h4-10,12,21H,3,11H2,1-2H3,(H,22,23). The van der Waals surface area contributed by atoms with E-state index >= 15 is 0 Å². The van der Waals surface area contributed by atoms with Gasteiger partial charge in [-0.1, -0.05) is 48.3 Å². The summed E-state index contributed by atoms with van der Waals surface area (Å²) in [6, 6.07) is 12.6. The van der Waals surface area contributed by atoms with Gasteiger partial charge < -0.3 is 15.4 Å². The maximum atomic E-state index is 12.4. The van der Waals surface area contributed by atoms with E-state index in [4.69, 9.17) is 27.9 Å². The van der Waals surface area contributed by atoms with Gasteiger partial charge in [-0.05, 0) is 43.3 Å². The van der Waals surface area contributed by atoms with Crippen LogP contribution in [0, 0.1) is 0 Å². The predicted molar refractivity (Wildman–Crippen MR) is 99.0 cm³/mol. The molecule has 2 aromatic carbocycles. The number of amides is 1. The van der Waals surface area contributed by atoms with Crippen molar-refractivity contribution in [3.05, 3.63) is 58.1 Å². The third kappa shape index (κ3) is 5.13. The molecule has 0 radical (unpaired) electrons. The van der Waals surface area contributed by atoms with Gasteiger partial charge in [0, 0.05) is 17.3 Å². The van der Waals surface area contributed by atoms with Crippen molar-refractivity contribution in [1.29, 1.82) is 0 Å². The van der Waals surface area contributed by atoms with Crippen molar-refractivity contribution in [2.24, 2.45) is 0 Å². The summed E-state index contributed by atoms with van der Waals surface area (Å²) >= 11 is 11.9. The SMILES string of the molecule is CCNCc1ccccc1NC(=O)C(C)Oc1ccc(Cl)cc1Cl. The molecule has 0 saturated heterocycles. The van der Waals surface area contributed by atoms with Crippen molar-refractivity contribution < 1.29 is 9.53 Å². The molecule has 1 unspecified atom stereocenters. The summed E-state index contributed by atoms with van der Waals surface area (Å²) in [5, 5.41) is 7.03. The Labute approximate surface area is 152 Å². The Morgan fingerprint density at radius 2 is 1.96 bits per heavy atom. The van der Waals surface area contributed by atoms with Crippen molar-refractivity contribution in [3.8, 4) is 5.75 Å². The Balaban J connectivity index is 2.04. The van der Waals surface area contributed by atoms with Gasteiger partial charge >= 0.3 is 0 Å². The topological polar surface area (TPSA) is 50.4 Å². The molecule has 1 amide bonds. The molecule has 0 bridgehead atoms. The molecule has 6 heteroatoms. The number of carbonyl (C=O) groups excluding carboxylic acids is 1. The van der Waals surface area contributed by atoms with Crippen LogP contribution in [0.1, 0.15) is 19.4 Å². The summed E-state index contributed by atoms with van der Waals surface area (Å²) in [6.45, 7) is 5.25. The van der Waals surface area contributed by atoms with Gasteiger partial charge in [-0.2, -0.15) is 0 Å². The fraction of sp³-hybridized carbons (Fsp3) is 0.278. The van der Waals surface area contributed by atoms with Crippen LogP contribution in [0.2, 0.25) is 10.0 Å². The van der Waals surface area contributed by atoms with E-state index in [1.165, 1.54) is 0 Å². The quantitative estimate of drug-likeness (QED) is 0.757. The summed E-state index contributed by atoms with van der Waals surface area (Å²) in [6.07, 6.45) is -0.698. The summed E-state index contributed by atoms with van der Waals surface area (Å²) in [5.41, 5.74) is 1.78. The Hall–Kier alpha value is -1.75. The number of para-hydroxylation sites is 1. The van der Waals surface area contributed by atoms with Crippen molar-refractivity contribution in [2.45, 2.75) is 26.5 Å². The molecule has 0 heterocycles. The molecule has 0 aliphatic rings. The minimum atomic E-state index is -0.698. The van der Waals surface area contributed by atoms with Crippen LogP contribution in [0.5, 0.6) is 5.75 Å². The molecule has 2 aromatic rings. The number of halogens is 2. The van der Waals surface area contributed by atoms with E-state index in [0.717, 1.165) is 17.8 Å². The number of benzene rings is 2. The van der Waals surface area contributed by atoms with E-state index in [1.54, 1.807) is 25.1 Å². The average molecular weight is 367 g/mol. The number of nitrogens with one attached hydrogen (secondary N) is 2. The van der Waals surface area contributed by atoms with Gasteiger partial charge in [0.05, 0.1) is 5.02 Å². The fourth-order valence-electron chi connectivity index (χ4n) is 2.11. The number of hydrogen-bond acceptors (Lipinski definition) is 3. The Morgan fingerprint density at radius 1 is 1.21 bits per heavy atom. The van der Waals surface area contributed by atoms with Crippen LogP contribution in [0.4, 0.5) is 5.69 Å². The van der Waals surface area contributed by atoms with Crippen LogP contribution in [-0.2, 0) is 11.3 Å². The molecule has 2 rings (SSSR count). The highest BCUT2D eigenvalue weighted by atomic mass is 35.5. The van der Waals surface area contributed by atoms with Gasteiger partial charge in [0.15, 0.2) is 6.10 Å². The number of carbonyl (C=O) groups is 1. The first-order valence-corrected chi connectivity index (χ1v) is 8.48. The fourth-order valence-corrected chi connectivity index (χ4v) is 2.56. The van der Waals surface area contributed by atoms with Crippen LogP contribution < -0.4 is 15.4 Å². The Bertz CT molecular complexity index is 707.